The molecule has 2 aromatic rings. The summed E-state index contributed by atoms with van der Waals surface area (Å²) in [5.41, 5.74) is 8.05. The average molecular weight is 319 g/mol. The largest absolute Gasteiger partial charge is 0.334 e. The molecule has 3 rings (SSSR count). The van der Waals surface area contributed by atoms with Crippen molar-refractivity contribution in [3.05, 3.63) is 46.7 Å². The van der Waals surface area contributed by atoms with Gasteiger partial charge in [0, 0.05) is 24.2 Å². The average Bonchev–Trinajstić information content (AvgIpc) is 3.12. The van der Waals surface area contributed by atoms with E-state index in [1.807, 2.05) is 36.1 Å². The number of amides is 1. The minimum atomic E-state index is 0.0127. The molecule has 22 heavy (non-hydrogen) atoms. The molecule has 1 atom stereocenters. The molecule has 1 aliphatic rings. The number of nitrogens with zero attached hydrogens (tertiary/aromatic N) is 3. The van der Waals surface area contributed by atoms with Crippen molar-refractivity contribution in [3.63, 3.8) is 0 Å². The van der Waals surface area contributed by atoms with E-state index < -0.39 is 0 Å². The third-order valence-corrected chi connectivity index (χ3v) is 4.44. The molecule has 2 N–H and O–H groups in total. The Morgan fingerprint density at radius 2 is 2.32 bits per heavy atom. The Bertz CT molecular complexity index is 697. The smallest absolute Gasteiger partial charge is 0.257 e. The van der Waals surface area contributed by atoms with Crippen LogP contribution in [0.25, 0.3) is 5.69 Å². The van der Waals surface area contributed by atoms with Crippen LogP contribution in [0.4, 0.5) is 0 Å². The quantitative estimate of drug-likeness (QED) is 0.945. The number of carbonyl (C=O) groups is 1. The molecular formula is C16H19ClN4O. The van der Waals surface area contributed by atoms with Crippen LogP contribution in [0.1, 0.15) is 28.9 Å². The predicted octanol–water partition coefficient (Wildman–Crippen LogP) is 2.40. The molecule has 1 aliphatic heterocycles. The molecule has 1 fully saturated rings. The predicted molar refractivity (Wildman–Crippen MR) is 86.4 cm³/mol. The first-order chi connectivity index (χ1) is 10.6. The number of likely N-dealkylation sites (tertiary alicyclic amines) is 1. The van der Waals surface area contributed by atoms with E-state index in [1.54, 1.807) is 10.9 Å². The van der Waals surface area contributed by atoms with Gasteiger partial charge in [0.2, 0.25) is 0 Å². The van der Waals surface area contributed by atoms with E-state index in [2.05, 4.69) is 5.10 Å². The minimum Gasteiger partial charge on any atom is -0.334 e. The molecule has 5 nitrogen and oxygen atoms in total. The van der Waals surface area contributed by atoms with Crippen LogP contribution in [0.2, 0.25) is 5.02 Å². The van der Waals surface area contributed by atoms with Gasteiger partial charge in [0.05, 0.1) is 23.1 Å². The van der Waals surface area contributed by atoms with Crippen LogP contribution >= 0.6 is 11.6 Å². The Morgan fingerprint density at radius 3 is 3.05 bits per heavy atom. The van der Waals surface area contributed by atoms with Crippen molar-refractivity contribution in [1.29, 1.82) is 0 Å². The lowest BCUT2D eigenvalue weighted by Gasteiger charge is -2.23. The van der Waals surface area contributed by atoms with Crippen LogP contribution in [0.15, 0.2) is 30.5 Å². The molecule has 1 aromatic carbocycles. The van der Waals surface area contributed by atoms with E-state index in [0.717, 1.165) is 30.8 Å². The first-order valence-corrected chi connectivity index (χ1v) is 7.81. The van der Waals surface area contributed by atoms with Crippen molar-refractivity contribution in [1.82, 2.24) is 14.7 Å². The highest BCUT2D eigenvalue weighted by molar-refractivity contribution is 6.30. The van der Waals surface area contributed by atoms with Crippen molar-refractivity contribution in [3.8, 4) is 5.69 Å². The normalized spacial score (nSPS) is 18.0. The standard InChI is InChI=1S/C16H19ClN4O/c1-11-15(16(22)20-7-3-6-14(20)9-18)10-19-21(11)13-5-2-4-12(17)8-13/h2,4-5,8,10,14H,3,6-7,9,18H2,1H3/t14-/m1/s1. The molecule has 0 saturated carbocycles. The van der Waals surface area contributed by atoms with E-state index in [9.17, 15) is 4.79 Å². The number of halogens is 1. The Labute approximate surface area is 134 Å². The summed E-state index contributed by atoms with van der Waals surface area (Å²) < 4.78 is 1.74. The van der Waals surface area contributed by atoms with Crippen LogP contribution in [-0.4, -0.2) is 39.7 Å². The fraction of sp³-hybridized carbons (Fsp3) is 0.375. The lowest BCUT2D eigenvalue weighted by Crippen LogP contribution is -2.40. The molecule has 0 unspecified atom stereocenters. The molecule has 0 aliphatic carbocycles. The van der Waals surface area contributed by atoms with E-state index in [0.29, 0.717) is 17.1 Å². The molecule has 1 amide bonds. The van der Waals surface area contributed by atoms with Crippen LogP contribution in [0.3, 0.4) is 0 Å². The van der Waals surface area contributed by atoms with Gasteiger partial charge in [-0.1, -0.05) is 17.7 Å². The second kappa shape index (κ2) is 6.10. The Balaban J connectivity index is 1.92. The molecule has 2 heterocycles. The maximum atomic E-state index is 12.7. The Morgan fingerprint density at radius 1 is 1.50 bits per heavy atom. The van der Waals surface area contributed by atoms with Crippen molar-refractivity contribution in [2.24, 2.45) is 5.73 Å². The monoisotopic (exact) mass is 318 g/mol. The fourth-order valence-electron chi connectivity index (χ4n) is 2.99. The highest BCUT2D eigenvalue weighted by Gasteiger charge is 2.30. The first kappa shape index (κ1) is 15.1. The highest BCUT2D eigenvalue weighted by Crippen LogP contribution is 2.23. The van der Waals surface area contributed by atoms with E-state index in [-0.39, 0.29) is 11.9 Å². The zero-order valence-electron chi connectivity index (χ0n) is 12.5. The summed E-state index contributed by atoms with van der Waals surface area (Å²) in [5, 5.41) is 4.99. The van der Waals surface area contributed by atoms with Gasteiger partial charge < -0.3 is 10.6 Å². The van der Waals surface area contributed by atoms with Gasteiger partial charge in [0.1, 0.15) is 0 Å². The lowest BCUT2D eigenvalue weighted by molar-refractivity contribution is 0.0740. The van der Waals surface area contributed by atoms with E-state index >= 15 is 0 Å². The molecule has 1 aromatic heterocycles. The van der Waals surface area contributed by atoms with Gasteiger partial charge in [-0.2, -0.15) is 5.10 Å². The van der Waals surface area contributed by atoms with Crippen molar-refractivity contribution in [2.75, 3.05) is 13.1 Å². The second-order valence-corrected chi connectivity index (χ2v) is 6.00. The Kier molecular flexibility index (Phi) is 4.18. The number of benzene rings is 1. The zero-order chi connectivity index (χ0) is 15.7. The fourth-order valence-corrected chi connectivity index (χ4v) is 3.18. The van der Waals surface area contributed by atoms with Crippen molar-refractivity contribution in [2.45, 2.75) is 25.8 Å². The van der Waals surface area contributed by atoms with Gasteiger partial charge in [-0.15, -0.1) is 0 Å². The van der Waals surface area contributed by atoms with E-state index in [1.165, 1.54) is 0 Å². The van der Waals surface area contributed by atoms with Crippen molar-refractivity contribution < 1.29 is 4.79 Å². The summed E-state index contributed by atoms with van der Waals surface area (Å²) in [4.78, 5) is 14.6. The van der Waals surface area contributed by atoms with Crippen LogP contribution in [0.5, 0.6) is 0 Å². The van der Waals surface area contributed by atoms with Crippen molar-refractivity contribution >= 4 is 17.5 Å². The third kappa shape index (κ3) is 2.62. The highest BCUT2D eigenvalue weighted by atomic mass is 35.5. The summed E-state index contributed by atoms with van der Waals surface area (Å²) >= 11 is 6.03. The summed E-state index contributed by atoms with van der Waals surface area (Å²) in [6.07, 6.45) is 3.61. The third-order valence-electron chi connectivity index (χ3n) is 4.20. The maximum Gasteiger partial charge on any atom is 0.257 e. The summed E-state index contributed by atoms with van der Waals surface area (Å²) in [5.74, 6) is 0.0127. The Hall–Kier alpha value is -1.85. The van der Waals surface area contributed by atoms with Gasteiger partial charge >= 0.3 is 0 Å². The topological polar surface area (TPSA) is 64.2 Å². The minimum absolute atomic E-state index is 0.0127. The number of rotatable bonds is 3. The van der Waals surface area contributed by atoms with Gasteiger partial charge in [-0.3, -0.25) is 4.79 Å². The van der Waals surface area contributed by atoms with Crippen LogP contribution in [-0.2, 0) is 0 Å². The molecule has 116 valence electrons. The number of aromatic nitrogens is 2. The summed E-state index contributed by atoms with van der Waals surface area (Å²) in [6, 6.07) is 7.56. The molecular weight excluding hydrogens is 300 g/mol. The number of hydrogen-bond acceptors (Lipinski definition) is 3. The summed E-state index contributed by atoms with van der Waals surface area (Å²) in [7, 11) is 0. The van der Waals surface area contributed by atoms with Crippen LogP contribution < -0.4 is 5.73 Å². The number of carbonyl (C=O) groups excluding carboxylic acids is 1. The molecule has 6 heteroatoms. The maximum absolute atomic E-state index is 12.7. The van der Waals surface area contributed by atoms with Gasteiger partial charge in [0.15, 0.2) is 0 Å². The molecule has 0 radical (unpaired) electrons. The SMILES string of the molecule is Cc1c(C(=O)N2CCC[C@@H]2CN)cnn1-c1cccc(Cl)c1. The number of hydrogen-bond donors (Lipinski definition) is 1. The lowest BCUT2D eigenvalue weighted by atomic mass is 10.2. The first-order valence-electron chi connectivity index (χ1n) is 7.43. The molecule has 0 spiro atoms. The van der Waals surface area contributed by atoms with Gasteiger partial charge in [-0.25, -0.2) is 4.68 Å². The molecule has 0 bridgehead atoms. The number of nitrogens with two attached hydrogens (primary N) is 1. The molecule has 1 saturated heterocycles. The second-order valence-electron chi connectivity index (χ2n) is 5.57. The van der Waals surface area contributed by atoms with E-state index in [4.69, 9.17) is 17.3 Å². The summed E-state index contributed by atoms with van der Waals surface area (Å²) in [6.45, 7) is 3.17. The zero-order valence-corrected chi connectivity index (χ0v) is 13.3. The van der Waals surface area contributed by atoms with Crippen LogP contribution in [0, 0.1) is 6.92 Å². The van der Waals surface area contributed by atoms with Gasteiger partial charge in [0.25, 0.3) is 5.91 Å². The van der Waals surface area contributed by atoms with Gasteiger partial charge in [-0.05, 0) is 38.0 Å².